The first-order valence-corrected chi connectivity index (χ1v) is 10.4. The molecule has 0 bridgehead atoms. The minimum absolute atomic E-state index is 0.627. The summed E-state index contributed by atoms with van der Waals surface area (Å²) in [5, 5.41) is 2.50. The highest BCUT2D eigenvalue weighted by molar-refractivity contribution is 6.83. The number of rotatable bonds is 8. The van der Waals surface area contributed by atoms with E-state index in [1.54, 1.807) is 0 Å². The zero-order valence-corrected chi connectivity index (χ0v) is 14.9. The molecule has 0 unspecified atom stereocenters. The van der Waals surface area contributed by atoms with Crippen LogP contribution in [0, 0.1) is 0 Å². The van der Waals surface area contributed by atoms with Crippen molar-refractivity contribution < 1.29 is 13.0 Å². The minimum atomic E-state index is -2.07. The largest absolute Gasteiger partial charge is 0.474 e. The van der Waals surface area contributed by atoms with E-state index in [2.05, 4.69) is 48.5 Å². The lowest BCUT2D eigenvalue weighted by Gasteiger charge is -2.22. The summed E-state index contributed by atoms with van der Waals surface area (Å²) in [5.41, 5.74) is 0. The highest BCUT2D eigenvalue weighted by atomic mass is 28.4. The smallest absolute Gasteiger partial charge is 0.412 e. The van der Waals surface area contributed by atoms with Crippen molar-refractivity contribution in [2.75, 3.05) is 13.2 Å². The maximum atomic E-state index is 6.34. The van der Waals surface area contributed by atoms with Crippen molar-refractivity contribution in [3.63, 3.8) is 0 Å². The molecule has 0 aliphatic rings. The molecule has 21 heavy (non-hydrogen) atoms. The SMILES string of the molecule is CCO[SiH](OCC)O[SiH](c1ccccc1)c1ccccc1. The molecule has 0 N–H and O–H groups in total. The van der Waals surface area contributed by atoms with E-state index in [4.69, 9.17) is 13.0 Å². The van der Waals surface area contributed by atoms with Crippen LogP contribution < -0.4 is 10.4 Å². The van der Waals surface area contributed by atoms with Gasteiger partial charge in [-0.3, -0.25) is 0 Å². The van der Waals surface area contributed by atoms with Gasteiger partial charge in [-0.15, -0.1) is 0 Å². The molecule has 0 atom stereocenters. The van der Waals surface area contributed by atoms with Crippen LogP contribution >= 0.6 is 0 Å². The van der Waals surface area contributed by atoms with Crippen LogP contribution in [-0.2, 0) is 13.0 Å². The molecule has 0 aliphatic heterocycles. The molecule has 0 fully saturated rings. The second-order valence-electron chi connectivity index (χ2n) is 4.54. The quantitative estimate of drug-likeness (QED) is 0.687. The van der Waals surface area contributed by atoms with Crippen molar-refractivity contribution in [1.82, 2.24) is 0 Å². The molecule has 0 heterocycles. The van der Waals surface area contributed by atoms with Gasteiger partial charge in [0.25, 0.3) is 0 Å². The third kappa shape index (κ3) is 4.91. The number of hydrogen-bond donors (Lipinski definition) is 0. The average Bonchev–Trinajstić information content (AvgIpc) is 2.54. The molecule has 0 aromatic heterocycles. The first-order valence-electron chi connectivity index (χ1n) is 7.33. The summed E-state index contributed by atoms with van der Waals surface area (Å²) in [7, 11) is -3.83. The van der Waals surface area contributed by atoms with Crippen LogP contribution in [0.1, 0.15) is 13.8 Å². The van der Waals surface area contributed by atoms with Gasteiger partial charge in [0, 0.05) is 13.2 Å². The van der Waals surface area contributed by atoms with Gasteiger partial charge in [0.1, 0.15) is 0 Å². The molecule has 0 radical (unpaired) electrons. The minimum Gasteiger partial charge on any atom is -0.412 e. The average molecular weight is 319 g/mol. The molecule has 0 spiro atoms. The van der Waals surface area contributed by atoms with E-state index in [9.17, 15) is 0 Å². The molecule has 5 heteroatoms. The maximum Gasteiger partial charge on any atom is 0.474 e. The molecule has 0 saturated heterocycles. The van der Waals surface area contributed by atoms with Gasteiger partial charge >= 0.3 is 9.53 Å². The fourth-order valence-corrected chi connectivity index (χ4v) is 7.06. The van der Waals surface area contributed by atoms with E-state index in [1.165, 1.54) is 10.4 Å². The third-order valence-electron chi connectivity index (χ3n) is 3.06. The van der Waals surface area contributed by atoms with E-state index < -0.39 is 18.6 Å². The lowest BCUT2D eigenvalue weighted by molar-refractivity contribution is 0.154. The molecule has 2 aromatic rings. The molecule has 112 valence electrons. The molecular formula is C16H22O3Si2. The van der Waals surface area contributed by atoms with Crippen molar-refractivity contribution in [2.24, 2.45) is 0 Å². The van der Waals surface area contributed by atoms with Crippen LogP contribution in [0.3, 0.4) is 0 Å². The van der Waals surface area contributed by atoms with E-state index in [1.807, 2.05) is 26.0 Å². The summed E-state index contributed by atoms with van der Waals surface area (Å²) in [6.07, 6.45) is 0. The standard InChI is InChI=1S/C16H22O3Si2/c1-3-17-21(18-4-2)19-20(15-11-7-5-8-12-15)16-13-9-6-10-14-16/h5-14,20-21H,3-4H2,1-2H3. The molecule has 2 rings (SSSR count). The van der Waals surface area contributed by atoms with Crippen LogP contribution in [0.5, 0.6) is 0 Å². The van der Waals surface area contributed by atoms with Crippen LogP contribution in [0.15, 0.2) is 60.7 Å². The van der Waals surface area contributed by atoms with Gasteiger partial charge in [-0.25, -0.2) is 0 Å². The molecule has 0 aliphatic carbocycles. The van der Waals surface area contributed by atoms with Crippen molar-refractivity contribution in [3.05, 3.63) is 60.7 Å². The molecular weight excluding hydrogens is 296 g/mol. The summed E-state index contributed by atoms with van der Waals surface area (Å²) < 4.78 is 17.7. The van der Waals surface area contributed by atoms with Gasteiger partial charge in [-0.1, -0.05) is 60.7 Å². The maximum absolute atomic E-state index is 6.34. The summed E-state index contributed by atoms with van der Waals surface area (Å²) in [6.45, 7) is 5.21. The summed E-state index contributed by atoms with van der Waals surface area (Å²) in [6, 6.07) is 20.8. The van der Waals surface area contributed by atoms with Gasteiger partial charge in [-0.2, -0.15) is 0 Å². The number of benzene rings is 2. The van der Waals surface area contributed by atoms with Crippen LogP contribution in [0.2, 0.25) is 0 Å². The van der Waals surface area contributed by atoms with E-state index in [-0.39, 0.29) is 0 Å². The number of hydrogen-bond acceptors (Lipinski definition) is 3. The second kappa shape index (κ2) is 8.91. The first-order chi connectivity index (χ1) is 10.3. The Bertz CT molecular complexity index is 462. The Hall–Kier alpha value is -1.25. The van der Waals surface area contributed by atoms with Crippen molar-refractivity contribution in [1.29, 1.82) is 0 Å². The molecule has 2 aromatic carbocycles. The predicted molar refractivity (Wildman–Crippen MR) is 90.8 cm³/mol. The zero-order valence-electron chi connectivity index (χ0n) is 12.6. The van der Waals surface area contributed by atoms with Gasteiger partial charge in [0.05, 0.1) is 0 Å². The Kier molecular flexibility index (Phi) is 6.85. The van der Waals surface area contributed by atoms with Crippen LogP contribution in [0.4, 0.5) is 0 Å². The van der Waals surface area contributed by atoms with Crippen LogP contribution in [-0.4, -0.2) is 31.8 Å². The fraction of sp³-hybridized carbons (Fsp3) is 0.250. The topological polar surface area (TPSA) is 27.7 Å². The van der Waals surface area contributed by atoms with Crippen molar-refractivity contribution in [2.45, 2.75) is 13.8 Å². The highest BCUT2D eigenvalue weighted by Gasteiger charge is 2.25. The van der Waals surface area contributed by atoms with E-state index in [0.717, 1.165) is 0 Å². The van der Waals surface area contributed by atoms with Gasteiger partial charge in [0.15, 0.2) is 0 Å². The van der Waals surface area contributed by atoms with Gasteiger partial charge in [-0.05, 0) is 24.2 Å². The Labute approximate surface area is 130 Å². The highest BCUT2D eigenvalue weighted by Crippen LogP contribution is 2.00. The van der Waals surface area contributed by atoms with Gasteiger partial charge < -0.3 is 13.0 Å². The Morgan fingerprint density at radius 1 is 0.714 bits per heavy atom. The lowest BCUT2D eigenvalue weighted by atomic mass is 10.4. The monoisotopic (exact) mass is 318 g/mol. The summed E-state index contributed by atoms with van der Waals surface area (Å²) in [4.78, 5) is 0. The Morgan fingerprint density at radius 2 is 1.14 bits per heavy atom. The molecule has 0 saturated carbocycles. The van der Waals surface area contributed by atoms with Gasteiger partial charge in [0.2, 0.25) is 9.04 Å². The molecule has 0 amide bonds. The third-order valence-corrected chi connectivity index (χ3v) is 8.23. The van der Waals surface area contributed by atoms with E-state index >= 15 is 0 Å². The predicted octanol–water partition coefficient (Wildman–Crippen LogP) is 1.33. The first kappa shape index (κ1) is 16.1. The Morgan fingerprint density at radius 3 is 1.52 bits per heavy atom. The zero-order chi connectivity index (χ0) is 14.9. The summed E-state index contributed by atoms with van der Waals surface area (Å²) >= 11 is 0. The second-order valence-corrected chi connectivity index (χ2v) is 8.96. The lowest BCUT2D eigenvalue weighted by Crippen LogP contribution is -2.50. The van der Waals surface area contributed by atoms with E-state index in [0.29, 0.717) is 13.2 Å². The summed E-state index contributed by atoms with van der Waals surface area (Å²) in [5.74, 6) is 0. The fourth-order valence-electron chi connectivity index (χ4n) is 2.12. The van der Waals surface area contributed by atoms with Crippen molar-refractivity contribution >= 4 is 28.9 Å². The van der Waals surface area contributed by atoms with Crippen molar-refractivity contribution in [3.8, 4) is 0 Å². The van der Waals surface area contributed by atoms with Crippen LogP contribution in [0.25, 0.3) is 0 Å². The normalized spacial score (nSPS) is 11.2. The Balaban J connectivity index is 2.24. The molecule has 3 nitrogen and oxygen atoms in total.